The monoisotopic (exact) mass is 237 g/mol. The number of rotatable bonds is 1. The fraction of sp³-hybridized carbons (Fsp3) is 0.182. The van der Waals surface area contributed by atoms with Gasteiger partial charge in [-0.2, -0.15) is 0 Å². The maximum absolute atomic E-state index is 4.49. The molecule has 0 saturated carbocycles. The van der Waals surface area contributed by atoms with E-state index < -0.39 is 0 Å². The molecule has 0 bridgehead atoms. The lowest BCUT2D eigenvalue weighted by Crippen LogP contribution is -1.86. The van der Waals surface area contributed by atoms with Crippen LogP contribution in [-0.4, -0.2) is 4.98 Å². The van der Waals surface area contributed by atoms with E-state index in [1.165, 1.54) is 5.39 Å². The maximum Gasteiger partial charge on any atom is 0.0705 e. The summed E-state index contributed by atoms with van der Waals surface area (Å²) in [6.45, 7) is 2.12. The van der Waals surface area contributed by atoms with Crippen molar-refractivity contribution in [2.45, 2.75) is 13.3 Å². The molecule has 68 valence electrons. The number of pyridine rings is 1. The van der Waals surface area contributed by atoms with Crippen LogP contribution >= 0.6 is 17.0 Å². The molecule has 0 fully saturated rings. The average molecular weight is 238 g/mol. The number of aromatic nitrogens is 1. The van der Waals surface area contributed by atoms with E-state index in [4.69, 9.17) is 0 Å². The number of benzene rings is 1. The highest BCUT2D eigenvalue weighted by Gasteiger charge is 1.93. The predicted octanol–water partition coefficient (Wildman–Crippen LogP) is 3.38. The second kappa shape index (κ2) is 4.38. The van der Waals surface area contributed by atoms with Crippen molar-refractivity contribution in [3.63, 3.8) is 0 Å². The predicted molar refractivity (Wildman–Crippen MR) is 61.4 cm³/mol. The van der Waals surface area contributed by atoms with Gasteiger partial charge in [0.05, 0.1) is 5.52 Å². The molecule has 1 aromatic carbocycles. The number of halogens is 1. The fourth-order valence-corrected chi connectivity index (χ4v) is 1.31. The van der Waals surface area contributed by atoms with Crippen LogP contribution in [0.25, 0.3) is 10.9 Å². The molecule has 0 aliphatic rings. The first-order valence-electron chi connectivity index (χ1n) is 4.25. The van der Waals surface area contributed by atoms with Crippen molar-refractivity contribution in [3.05, 3.63) is 42.1 Å². The van der Waals surface area contributed by atoms with Crippen LogP contribution in [0.15, 0.2) is 36.4 Å². The van der Waals surface area contributed by atoms with Crippen molar-refractivity contribution in [1.29, 1.82) is 0 Å². The summed E-state index contributed by atoms with van der Waals surface area (Å²) in [6, 6.07) is 12.4. The molecule has 1 aromatic heterocycles. The van der Waals surface area contributed by atoms with Crippen molar-refractivity contribution in [1.82, 2.24) is 4.98 Å². The molecule has 0 aliphatic carbocycles. The molecule has 2 aromatic rings. The minimum Gasteiger partial charge on any atom is -0.253 e. The Bertz CT molecular complexity index is 398. The van der Waals surface area contributed by atoms with Crippen LogP contribution in [0.5, 0.6) is 0 Å². The first-order chi connectivity index (χ1) is 5.90. The highest BCUT2D eigenvalue weighted by molar-refractivity contribution is 8.93. The van der Waals surface area contributed by atoms with Crippen LogP contribution in [0.4, 0.5) is 0 Å². The minimum absolute atomic E-state index is 0. The first kappa shape index (κ1) is 10.2. The Kier molecular flexibility index (Phi) is 3.43. The summed E-state index contributed by atoms with van der Waals surface area (Å²) in [4.78, 5) is 4.49. The Morgan fingerprint density at radius 2 is 1.85 bits per heavy atom. The van der Waals surface area contributed by atoms with E-state index in [0.717, 1.165) is 17.6 Å². The number of hydrogen-bond acceptors (Lipinski definition) is 1. The number of para-hydroxylation sites is 1. The SMILES string of the molecule is Br.CCc1ccc2ccccc2n1. The molecular weight excluding hydrogens is 226 g/mol. The third kappa shape index (κ3) is 2.07. The highest BCUT2D eigenvalue weighted by Crippen LogP contribution is 2.11. The van der Waals surface area contributed by atoms with Crippen LogP contribution < -0.4 is 0 Å². The molecular formula is C11H12BrN. The van der Waals surface area contributed by atoms with Crippen molar-refractivity contribution in [3.8, 4) is 0 Å². The second-order valence-electron chi connectivity index (χ2n) is 2.85. The molecule has 0 radical (unpaired) electrons. The van der Waals surface area contributed by atoms with Gasteiger partial charge in [0.15, 0.2) is 0 Å². The lowest BCUT2D eigenvalue weighted by atomic mass is 10.2. The lowest BCUT2D eigenvalue weighted by molar-refractivity contribution is 1.06. The van der Waals surface area contributed by atoms with Crippen LogP contribution in [-0.2, 0) is 6.42 Å². The van der Waals surface area contributed by atoms with Crippen molar-refractivity contribution >= 4 is 27.9 Å². The molecule has 1 heterocycles. The number of fused-ring (bicyclic) bond motifs is 1. The lowest BCUT2D eigenvalue weighted by Gasteiger charge is -1.98. The third-order valence-corrected chi connectivity index (χ3v) is 2.02. The van der Waals surface area contributed by atoms with Crippen molar-refractivity contribution in [2.75, 3.05) is 0 Å². The topological polar surface area (TPSA) is 12.9 Å². The number of aryl methyl sites for hydroxylation is 1. The van der Waals surface area contributed by atoms with Gasteiger partial charge in [0.2, 0.25) is 0 Å². The molecule has 1 nitrogen and oxygen atoms in total. The molecule has 0 aliphatic heterocycles. The molecule has 0 saturated heterocycles. The Morgan fingerprint density at radius 1 is 1.08 bits per heavy atom. The molecule has 0 unspecified atom stereocenters. The summed E-state index contributed by atoms with van der Waals surface area (Å²) in [5.41, 5.74) is 2.26. The zero-order valence-corrected chi connectivity index (χ0v) is 9.24. The molecule has 0 spiro atoms. The van der Waals surface area contributed by atoms with Crippen LogP contribution in [0.2, 0.25) is 0 Å². The third-order valence-electron chi connectivity index (χ3n) is 2.02. The molecule has 2 heteroatoms. The summed E-state index contributed by atoms with van der Waals surface area (Å²) in [5, 5.41) is 1.22. The molecule has 2 rings (SSSR count). The van der Waals surface area contributed by atoms with Gasteiger partial charge >= 0.3 is 0 Å². The van der Waals surface area contributed by atoms with Gasteiger partial charge in [-0.15, -0.1) is 17.0 Å². The normalized spacial score (nSPS) is 9.62. The van der Waals surface area contributed by atoms with Crippen molar-refractivity contribution in [2.24, 2.45) is 0 Å². The summed E-state index contributed by atoms with van der Waals surface area (Å²) in [7, 11) is 0. The zero-order valence-electron chi connectivity index (χ0n) is 7.53. The van der Waals surface area contributed by atoms with Gasteiger partial charge in [0.25, 0.3) is 0 Å². The average Bonchev–Trinajstić information content (AvgIpc) is 2.17. The van der Waals surface area contributed by atoms with Gasteiger partial charge in [-0.1, -0.05) is 31.2 Å². The van der Waals surface area contributed by atoms with Crippen molar-refractivity contribution < 1.29 is 0 Å². The fourth-order valence-electron chi connectivity index (χ4n) is 1.31. The molecule has 0 N–H and O–H groups in total. The van der Waals surface area contributed by atoms with E-state index in [1.54, 1.807) is 0 Å². The van der Waals surface area contributed by atoms with Gasteiger partial charge in [0, 0.05) is 11.1 Å². The van der Waals surface area contributed by atoms with E-state index in [2.05, 4.69) is 36.2 Å². The van der Waals surface area contributed by atoms with E-state index >= 15 is 0 Å². The Morgan fingerprint density at radius 3 is 2.62 bits per heavy atom. The Labute approximate surface area is 88.6 Å². The number of nitrogens with zero attached hydrogens (tertiary/aromatic N) is 1. The summed E-state index contributed by atoms with van der Waals surface area (Å²) >= 11 is 0. The minimum atomic E-state index is 0. The Balaban J connectivity index is 0.000000845. The van der Waals surface area contributed by atoms with E-state index in [9.17, 15) is 0 Å². The van der Waals surface area contributed by atoms with E-state index in [0.29, 0.717) is 0 Å². The van der Waals surface area contributed by atoms with Crippen LogP contribution in [0.3, 0.4) is 0 Å². The number of hydrogen-bond donors (Lipinski definition) is 0. The van der Waals surface area contributed by atoms with Gasteiger partial charge in [-0.3, -0.25) is 4.98 Å². The summed E-state index contributed by atoms with van der Waals surface area (Å²) in [6.07, 6.45) is 1.00. The van der Waals surface area contributed by atoms with E-state index in [-0.39, 0.29) is 17.0 Å². The Hall–Kier alpha value is -0.890. The summed E-state index contributed by atoms with van der Waals surface area (Å²) in [5.74, 6) is 0. The van der Waals surface area contributed by atoms with E-state index in [1.807, 2.05) is 12.1 Å². The van der Waals surface area contributed by atoms with Crippen LogP contribution in [0, 0.1) is 0 Å². The molecule has 13 heavy (non-hydrogen) atoms. The van der Waals surface area contributed by atoms with Gasteiger partial charge in [-0.25, -0.2) is 0 Å². The largest absolute Gasteiger partial charge is 0.253 e. The van der Waals surface area contributed by atoms with Gasteiger partial charge in [0.1, 0.15) is 0 Å². The second-order valence-corrected chi connectivity index (χ2v) is 2.85. The standard InChI is InChI=1S/C11H11N.BrH/c1-2-10-8-7-9-5-3-4-6-11(9)12-10;/h3-8H,2H2,1H3;1H. The highest BCUT2D eigenvalue weighted by atomic mass is 79.9. The smallest absolute Gasteiger partial charge is 0.0705 e. The maximum atomic E-state index is 4.49. The molecule has 0 atom stereocenters. The zero-order chi connectivity index (χ0) is 8.39. The summed E-state index contributed by atoms with van der Waals surface area (Å²) < 4.78 is 0. The first-order valence-corrected chi connectivity index (χ1v) is 4.25. The van der Waals surface area contributed by atoms with Crippen LogP contribution in [0.1, 0.15) is 12.6 Å². The quantitative estimate of drug-likeness (QED) is 0.742. The molecule has 0 amide bonds. The van der Waals surface area contributed by atoms with Gasteiger partial charge in [-0.05, 0) is 18.6 Å². The van der Waals surface area contributed by atoms with Gasteiger partial charge < -0.3 is 0 Å².